The molecule has 1 heterocycles. The smallest absolute Gasteiger partial charge is 0.247 e. The summed E-state index contributed by atoms with van der Waals surface area (Å²) in [5.41, 5.74) is 10.4. The van der Waals surface area contributed by atoms with E-state index in [0.717, 1.165) is 0 Å². The van der Waals surface area contributed by atoms with Crippen LogP contribution in [0.5, 0.6) is 0 Å². The average Bonchev–Trinajstić information content (AvgIpc) is 2.34. The molecule has 1 rings (SSSR count). The van der Waals surface area contributed by atoms with Crippen molar-refractivity contribution < 1.29 is 9.52 Å². The summed E-state index contributed by atoms with van der Waals surface area (Å²) in [6.45, 7) is 1.62. The van der Waals surface area contributed by atoms with Crippen LogP contribution in [-0.2, 0) is 0 Å². The van der Waals surface area contributed by atoms with Gasteiger partial charge in [0.1, 0.15) is 0 Å². The number of nitrogens with two attached hydrogens (primary N) is 2. The van der Waals surface area contributed by atoms with Crippen LogP contribution in [0.3, 0.4) is 0 Å². The van der Waals surface area contributed by atoms with Gasteiger partial charge in [-0.25, -0.2) is 0 Å². The van der Waals surface area contributed by atoms with Gasteiger partial charge in [0.05, 0.1) is 6.17 Å². The van der Waals surface area contributed by atoms with Crippen LogP contribution >= 0.6 is 0 Å². The van der Waals surface area contributed by atoms with E-state index in [1.54, 1.807) is 6.92 Å². The molecule has 0 aliphatic carbocycles. The second-order valence-electron chi connectivity index (χ2n) is 2.18. The highest BCUT2D eigenvalue weighted by Crippen LogP contribution is 2.10. The Morgan fingerprint density at radius 1 is 1.45 bits per heavy atom. The molecule has 5 N–H and O–H groups in total. The fraction of sp³-hybridized carbons (Fsp3) is 0.600. The first kappa shape index (κ1) is 8.12. The predicted molar refractivity (Wildman–Crippen MR) is 36.2 cm³/mol. The molecule has 0 spiro atoms. The maximum atomic E-state index is 9.16. The molecule has 0 bridgehead atoms. The summed E-state index contributed by atoms with van der Waals surface area (Å²) in [7, 11) is 0. The molecule has 0 aliphatic heterocycles. The van der Waals surface area contributed by atoms with Gasteiger partial charge in [-0.2, -0.15) is 0 Å². The number of aliphatic hydroxyl groups excluding tert-OH is 1. The largest absolute Gasteiger partial charge is 0.423 e. The van der Waals surface area contributed by atoms with E-state index >= 15 is 0 Å². The summed E-state index contributed by atoms with van der Waals surface area (Å²) in [5, 5.41) is 16.2. The summed E-state index contributed by atoms with van der Waals surface area (Å²) < 4.78 is 4.87. The number of hydrogen-bond donors (Lipinski definition) is 3. The van der Waals surface area contributed by atoms with Crippen molar-refractivity contribution in [3.8, 4) is 0 Å². The van der Waals surface area contributed by atoms with Gasteiger partial charge >= 0.3 is 0 Å². The second kappa shape index (κ2) is 2.95. The first-order valence-corrected chi connectivity index (χ1v) is 3.10. The summed E-state index contributed by atoms with van der Waals surface area (Å²) >= 11 is 0. The lowest BCUT2D eigenvalue weighted by atomic mass is 10.3. The topological polar surface area (TPSA) is 111 Å². The lowest BCUT2D eigenvalue weighted by Gasteiger charge is -2.08. The quantitative estimate of drug-likeness (QED) is 0.459. The highest BCUT2D eigenvalue weighted by atomic mass is 16.4. The van der Waals surface area contributed by atoms with E-state index < -0.39 is 12.3 Å². The molecule has 0 fully saturated rings. The van der Waals surface area contributed by atoms with Gasteiger partial charge in [0, 0.05) is 6.92 Å². The normalized spacial score (nSPS) is 13.9. The number of rotatable bonds is 2. The summed E-state index contributed by atoms with van der Waals surface area (Å²) in [6, 6.07) is 0. The monoisotopic (exact) mass is 158 g/mol. The van der Waals surface area contributed by atoms with E-state index in [1.165, 1.54) is 0 Å². The molecule has 1 atom stereocenters. The van der Waals surface area contributed by atoms with Crippen LogP contribution in [0.4, 0.5) is 0 Å². The van der Waals surface area contributed by atoms with Crippen LogP contribution in [0.1, 0.15) is 17.9 Å². The molecule has 1 unspecified atom stereocenters. The van der Waals surface area contributed by atoms with E-state index in [9.17, 15) is 0 Å². The van der Waals surface area contributed by atoms with Gasteiger partial charge in [0.15, 0.2) is 6.10 Å². The minimum atomic E-state index is -1.09. The van der Waals surface area contributed by atoms with Gasteiger partial charge in [0.2, 0.25) is 11.8 Å². The maximum absolute atomic E-state index is 9.16. The van der Waals surface area contributed by atoms with Crippen LogP contribution in [0.2, 0.25) is 0 Å². The van der Waals surface area contributed by atoms with Crippen LogP contribution in [0, 0.1) is 6.92 Å². The van der Waals surface area contributed by atoms with Crippen molar-refractivity contribution in [2.45, 2.75) is 19.2 Å². The van der Waals surface area contributed by atoms with Crippen molar-refractivity contribution in [2.24, 2.45) is 11.5 Å². The number of aromatic nitrogens is 2. The summed E-state index contributed by atoms with van der Waals surface area (Å²) in [6.07, 6.45) is -1.98. The molecule has 1 aromatic rings. The van der Waals surface area contributed by atoms with E-state index in [2.05, 4.69) is 10.2 Å². The van der Waals surface area contributed by atoms with Crippen molar-refractivity contribution in [3.05, 3.63) is 11.8 Å². The first-order chi connectivity index (χ1) is 5.11. The Morgan fingerprint density at radius 3 is 2.45 bits per heavy atom. The standard InChI is InChI=1S/C5H10N4O2/c1-2-8-9-5(11-2)3(10)4(6)7/h3-4,10H,6-7H2,1H3. The van der Waals surface area contributed by atoms with Gasteiger partial charge in [0.25, 0.3) is 0 Å². The van der Waals surface area contributed by atoms with Gasteiger partial charge in [-0.15, -0.1) is 10.2 Å². The molecule has 0 saturated heterocycles. The van der Waals surface area contributed by atoms with Gasteiger partial charge in [-0.1, -0.05) is 0 Å². The third-order valence-electron chi connectivity index (χ3n) is 1.16. The average molecular weight is 158 g/mol. The first-order valence-electron chi connectivity index (χ1n) is 3.10. The molecule has 0 saturated carbocycles. The van der Waals surface area contributed by atoms with Crippen LogP contribution in [0.15, 0.2) is 4.42 Å². The van der Waals surface area contributed by atoms with Gasteiger partial charge in [-0.3, -0.25) is 0 Å². The highest BCUT2D eigenvalue weighted by Gasteiger charge is 2.18. The molecule has 0 aromatic carbocycles. The Bertz CT molecular complexity index is 234. The molecule has 1 aromatic heterocycles. The van der Waals surface area contributed by atoms with Crippen molar-refractivity contribution in [1.82, 2.24) is 10.2 Å². The van der Waals surface area contributed by atoms with E-state index in [0.29, 0.717) is 5.89 Å². The number of aryl methyl sites for hydroxylation is 1. The molecule has 62 valence electrons. The van der Waals surface area contributed by atoms with Crippen molar-refractivity contribution in [1.29, 1.82) is 0 Å². The lowest BCUT2D eigenvalue weighted by Crippen LogP contribution is -2.37. The van der Waals surface area contributed by atoms with E-state index in [4.69, 9.17) is 21.0 Å². The van der Waals surface area contributed by atoms with Crippen LogP contribution in [-0.4, -0.2) is 21.5 Å². The Balaban J connectivity index is 2.76. The number of aliphatic hydroxyl groups is 1. The summed E-state index contributed by atoms with van der Waals surface area (Å²) in [4.78, 5) is 0. The molecule has 6 heteroatoms. The van der Waals surface area contributed by atoms with Crippen LogP contribution in [0.25, 0.3) is 0 Å². The predicted octanol–water partition coefficient (Wildman–Crippen LogP) is -1.35. The third-order valence-corrected chi connectivity index (χ3v) is 1.16. The molecular weight excluding hydrogens is 148 g/mol. The number of nitrogens with zero attached hydrogens (tertiary/aromatic N) is 2. The highest BCUT2D eigenvalue weighted by molar-refractivity contribution is 4.87. The maximum Gasteiger partial charge on any atom is 0.247 e. The number of hydrogen-bond acceptors (Lipinski definition) is 6. The fourth-order valence-electron chi connectivity index (χ4n) is 0.596. The molecule has 0 aliphatic rings. The third kappa shape index (κ3) is 1.73. The molecular formula is C5H10N4O2. The SMILES string of the molecule is Cc1nnc(C(O)C(N)N)o1. The molecule has 6 nitrogen and oxygen atoms in total. The van der Waals surface area contributed by atoms with Crippen molar-refractivity contribution in [3.63, 3.8) is 0 Å². The Morgan fingerprint density at radius 2 is 2.09 bits per heavy atom. The van der Waals surface area contributed by atoms with Gasteiger partial charge < -0.3 is 21.0 Å². The second-order valence-corrected chi connectivity index (χ2v) is 2.18. The Hall–Kier alpha value is -0.980. The lowest BCUT2D eigenvalue weighted by molar-refractivity contribution is 0.116. The van der Waals surface area contributed by atoms with Crippen molar-refractivity contribution in [2.75, 3.05) is 0 Å². The van der Waals surface area contributed by atoms with Gasteiger partial charge in [-0.05, 0) is 0 Å². The Labute approximate surface area is 63.2 Å². The van der Waals surface area contributed by atoms with Crippen molar-refractivity contribution >= 4 is 0 Å². The Kier molecular flexibility index (Phi) is 2.18. The van der Waals surface area contributed by atoms with E-state index in [1.807, 2.05) is 0 Å². The summed E-state index contributed by atoms with van der Waals surface area (Å²) in [5.74, 6) is 0.428. The minimum Gasteiger partial charge on any atom is -0.423 e. The zero-order valence-corrected chi connectivity index (χ0v) is 6.06. The van der Waals surface area contributed by atoms with E-state index in [-0.39, 0.29) is 5.89 Å². The zero-order chi connectivity index (χ0) is 8.43. The molecule has 11 heavy (non-hydrogen) atoms. The van der Waals surface area contributed by atoms with Crippen LogP contribution < -0.4 is 11.5 Å². The zero-order valence-electron chi connectivity index (χ0n) is 6.06. The minimum absolute atomic E-state index is 0.0532. The molecule has 0 radical (unpaired) electrons. The molecule has 0 amide bonds. The fourth-order valence-corrected chi connectivity index (χ4v) is 0.596.